The van der Waals surface area contributed by atoms with Crippen LogP contribution in [0.2, 0.25) is 0 Å². The first-order chi connectivity index (χ1) is 29.4. The summed E-state index contributed by atoms with van der Waals surface area (Å²) in [6.45, 7) is 0.227. The minimum atomic E-state index is -1.55. The van der Waals surface area contributed by atoms with Crippen LogP contribution in [-0.4, -0.2) is 129 Å². The maximum absolute atomic E-state index is 14.2. The number of primary amides is 1. The maximum atomic E-state index is 14.2. The Balaban J connectivity index is 2.45. The molecule has 25 nitrogen and oxygen atoms in total. The lowest BCUT2D eigenvalue weighted by Crippen LogP contribution is -2.60. The lowest BCUT2D eigenvalue weighted by atomic mass is 10.0. The molecule has 0 spiro atoms. The van der Waals surface area contributed by atoms with Gasteiger partial charge in [-0.25, -0.2) is 9.78 Å². The molecule has 0 saturated heterocycles. The largest absolute Gasteiger partial charge is 0.481 e. The van der Waals surface area contributed by atoms with Crippen LogP contribution in [0, 0.1) is 10.8 Å². The van der Waals surface area contributed by atoms with Gasteiger partial charge < -0.3 is 75.3 Å². The number of hydrogen-bond acceptors (Lipinski definition) is 12. The van der Waals surface area contributed by atoms with Crippen molar-refractivity contribution in [1.29, 1.82) is 10.8 Å². The SMILES string of the molecule is N=C(N)NCCC[C@H](NC(=O)[C@H](Cc1c[nH]cn1)NC(=O)[C@H](Cc1ccccc1)NC(=O)[C@H](CCCNC(=N)N)NC(=O)[C@@H](N)CCC(=O)O)C(=O)N[C@@H](CCC(N)=O)C(=O)O. The first-order valence-electron chi connectivity index (χ1n) is 19.5. The van der Waals surface area contributed by atoms with Gasteiger partial charge in [-0.15, -0.1) is 0 Å². The fourth-order valence-electron chi connectivity index (χ4n) is 5.80. The number of rotatable bonds is 29. The molecule has 1 aromatic heterocycles. The van der Waals surface area contributed by atoms with Crippen molar-refractivity contribution in [3.63, 3.8) is 0 Å². The Morgan fingerprint density at radius 1 is 0.629 bits per heavy atom. The number of aromatic nitrogens is 2. The summed E-state index contributed by atoms with van der Waals surface area (Å²) < 4.78 is 0. The molecule has 25 heteroatoms. The number of nitrogens with two attached hydrogens (primary N) is 4. The smallest absolute Gasteiger partial charge is 0.326 e. The average molecular weight is 872 g/mol. The van der Waals surface area contributed by atoms with Crippen LogP contribution in [0.4, 0.5) is 0 Å². The second-order valence-electron chi connectivity index (χ2n) is 14.1. The summed E-state index contributed by atoms with van der Waals surface area (Å²) in [7, 11) is 0. The standard InChI is InChI=1S/C37H57N15O10/c38-22(10-13-29(54)55)30(56)48-23(8-4-14-45-36(40)41)32(58)51-26(16-20-6-2-1-3-7-20)33(59)52-27(17-21-18-44-19-47-21)34(60)49-24(9-5-15-46-37(42)43)31(57)50-25(35(61)62)11-12-28(39)53/h1-3,6-7,18-19,22-27H,4-5,8-17,38H2,(H2,39,53)(H,44,47)(H,48,56)(H,49,60)(H,50,57)(H,51,58)(H,52,59)(H,54,55)(H,61,62)(H4,40,41,45)(H4,42,43,46)/t22-,23-,24-,25-,26-,27-/m0/s1. The zero-order valence-electron chi connectivity index (χ0n) is 33.9. The van der Waals surface area contributed by atoms with E-state index in [1.807, 2.05) is 0 Å². The summed E-state index contributed by atoms with van der Waals surface area (Å²) in [6, 6.07) is 0.0876. The summed E-state index contributed by atoms with van der Waals surface area (Å²) in [6.07, 6.45) is 1.29. The van der Waals surface area contributed by atoms with E-state index in [4.69, 9.17) is 38.9 Å². The summed E-state index contributed by atoms with van der Waals surface area (Å²) >= 11 is 0. The van der Waals surface area contributed by atoms with Gasteiger partial charge in [0.25, 0.3) is 0 Å². The van der Waals surface area contributed by atoms with Gasteiger partial charge in [0, 0.05) is 45.0 Å². The summed E-state index contributed by atoms with van der Waals surface area (Å²) in [5.41, 5.74) is 22.7. The molecule has 0 saturated carbocycles. The molecule has 0 aliphatic heterocycles. The van der Waals surface area contributed by atoms with Gasteiger partial charge in [-0.1, -0.05) is 30.3 Å². The zero-order valence-corrected chi connectivity index (χ0v) is 33.9. The van der Waals surface area contributed by atoms with E-state index in [9.17, 15) is 43.5 Å². The number of carboxylic acid groups (broad SMARTS) is 2. The Labute approximate surface area is 356 Å². The van der Waals surface area contributed by atoms with Crippen LogP contribution < -0.4 is 60.2 Å². The van der Waals surface area contributed by atoms with Gasteiger partial charge in [-0.05, 0) is 44.1 Å². The van der Waals surface area contributed by atoms with E-state index in [2.05, 4.69) is 47.2 Å². The number of imidazole rings is 1. The quantitative estimate of drug-likeness (QED) is 0.0209. The molecule has 0 unspecified atom stereocenters. The molecule has 0 fully saturated rings. The second-order valence-corrected chi connectivity index (χ2v) is 14.1. The molecule has 0 aliphatic carbocycles. The number of nitrogens with zero attached hydrogens (tertiary/aromatic N) is 1. The van der Waals surface area contributed by atoms with Crippen molar-refractivity contribution >= 4 is 59.3 Å². The van der Waals surface area contributed by atoms with Crippen molar-refractivity contribution in [3.8, 4) is 0 Å². The van der Waals surface area contributed by atoms with E-state index in [1.54, 1.807) is 30.3 Å². The Morgan fingerprint density at radius 3 is 1.58 bits per heavy atom. The number of carbonyl (C=O) groups excluding carboxylic acids is 6. The van der Waals surface area contributed by atoms with Crippen LogP contribution >= 0.6 is 0 Å². The van der Waals surface area contributed by atoms with Crippen molar-refractivity contribution in [2.24, 2.45) is 22.9 Å². The fourth-order valence-corrected chi connectivity index (χ4v) is 5.80. The van der Waals surface area contributed by atoms with E-state index in [1.165, 1.54) is 12.5 Å². The summed E-state index contributed by atoms with van der Waals surface area (Å²) in [4.78, 5) is 110. The highest BCUT2D eigenvalue weighted by atomic mass is 16.4. The second kappa shape index (κ2) is 26.7. The minimum absolute atomic E-state index is 0.0377. The van der Waals surface area contributed by atoms with Gasteiger partial charge >= 0.3 is 11.9 Å². The van der Waals surface area contributed by atoms with Crippen LogP contribution in [0.25, 0.3) is 0 Å². The predicted molar refractivity (Wildman–Crippen MR) is 221 cm³/mol. The monoisotopic (exact) mass is 871 g/mol. The molecular weight excluding hydrogens is 815 g/mol. The normalized spacial score (nSPS) is 13.6. The fraction of sp³-hybridized carbons (Fsp3) is 0.486. The van der Waals surface area contributed by atoms with E-state index in [0.29, 0.717) is 11.3 Å². The number of aromatic amines is 1. The predicted octanol–water partition coefficient (Wildman–Crippen LogP) is -4.31. The maximum Gasteiger partial charge on any atom is 0.326 e. The number of nitrogens with one attached hydrogen (secondary N) is 10. The molecule has 2 aromatic rings. The van der Waals surface area contributed by atoms with Gasteiger partial charge in [0.05, 0.1) is 18.1 Å². The number of guanidine groups is 2. The number of carboxylic acids is 2. The molecule has 20 N–H and O–H groups in total. The highest BCUT2D eigenvalue weighted by molar-refractivity contribution is 5.96. The first kappa shape index (κ1) is 50.8. The highest BCUT2D eigenvalue weighted by Gasteiger charge is 2.33. The number of H-pyrrole nitrogens is 1. The molecule has 62 heavy (non-hydrogen) atoms. The van der Waals surface area contributed by atoms with E-state index < -0.39 is 90.1 Å². The van der Waals surface area contributed by atoms with Crippen molar-refractivity contribution in [1.82, 2.24) is 47.2 Å². The van der Waals surface area contributed by atoms with Crippen molar-refractivity contribution < 1.29 is 48.6 Å². The third-order valence-corrected chi connectivity index (χ3v) is 9.05. The molecule has 0 bridgehead atoms. The molecule has 340 valence electrons. The third kappa shape index (κ3) is 20.1. The zero-order chi connectivity index (χ0) is 46.2. The molecule has 1 aromatic carbocycles. The Hall–Kier alpha value is -7.31. The molecular formula is C37H57N15O10. The molecule has 0 aliphatic rings. The lowest BCUT2D eigenvalue weighted by Gasteiger charge is -2.27. The van der Waals surface area contributed by atoms with Crippen molar-refractivity contribution in [2.45, 2.75) is 100 Å². The number of amides is 6. The Kier molecular flexibility index (Phi) is 21.9. The van der Waals surface area contributed by atoms with Gasteiger partial charge in [0.15, 0.2) is 11.9 Å². The van der Waals surface area contributed by atoms with Crippen molar-refractivity contribution in [3.05, 3.63) is 54.1 Å². The topological polar surface area (TPSA) is 442 Å². The lowest BCUT2D eigenvalue weighted by molar-refractivity contribution is -0.142. The van der Waals surface area contributed by atoms with Crippen LogP contribution in [0.3, 0.4) is 0 Å². The van der Waals surface area contributed by atoms with E-state index >= 15 is 0 Å². The number of aliphatic carboxylic acids is 2. The van der Waals surface area contributed by atoms with Crippen LogP contribution in [0.15, 0.2) is 42.9 Å². The molecule has 0 radical (unpaired) electrons. The van der Waals surface area contributed by atoms with Gasteiger partial charge in [0.1, 0.15) is 30.2 Å². The Morgan fingerprint density at radius 2 is 1.11 bits per heavy atom. The van der Waals surface area contributed by atoms with Gasteiger partial charge in [0.2, 0.25) is 35.4 Å². The van der Waals surface area contributed by atoms with Crippen LogP contribution in [0.5, 0.6) is 0 Å². The van der Waals surface area contributed by atoms with Gasteiger partial charge in [-0.3, -0.25) is 44.4 Å². The Bertz CT molecular complexity index is 1850. The number of benzene rings is 1. The highest BCUT2D eigenvalue weighted by Crippen LogP contribution is 2.10. The van der Waals surface area contributed by atoms with Crippen LogP contribution in [0.1, 0.15) is 62.6 Å². The minimum Gasteiger partial charge on any atom is -0.481 e. The van der Waals surface area contributed by atoms with Gasteiger partial charge in [-0.2, -0.15) is 0 Å². The van der Waals surface area contributed by atoms with Crippen molar-refractivity contribution in [2.75, 3.05) is 13.1 Å². The number of carbonyl (C=O) groups is 8. The summed E-state index contributed by atoms with van der Waals surface area (Å²) in [5.74, 6) is -8.53. The molecule has 1 heterocycles. The average Bonchev–Trinajstić information content (AvgIpc) is 3.73. The molecule has 6 atom stereocenters. The van der Waals surface area contributed by atoms with E-state index in [-0.39, 0.29) is 82.8 Å². The third-order valence-electron chi connectivity index (χ3n) is 9.05. The molecule has 6 amide bonds. The van der Waals surface area contributed by atoms with E-state index in [0.717, 1.165) is 0 Å². The summed E-state index contributed by atoms with van der Waals surface area (Å²) in [5, 5.41) is 51.3. The first-order valence-corrected chi connectivity index (χ1v) is 19.5. The van der Waals surface area contributed by atoms with Crippen LogP contribution in [-0.2, 0) is 51.2 Å². The molecule has 2 rings (SSSR count). The number of hydrogen-bond donors (Lipinski definition) is 16.